The summed E-state index contributed by atoms with van der Waals surface area (Å²) in [5, 5.41) is 7.34. The summed E-state index contributed by atoms with van der Waals surface area (Å²) >= 11 is 3.29. The number of anilines is 1. The van der Waals surface area contributed by atoms with Crippen LogP contribution >= 0.6 is 15.9 Å². The Kier molecular flexibility index (Phi) is 6.68. The van der Waals surface area contributed by atoms with Gasteiger partial charge in [0, 0.05) is 24.3 Å². The molecule has 0 spiro atoms. The van der Waals surface area contributed by atoms with Gasteiger partial charge in [0.1, 0.15) is 5.82 Å². The van der Waals surface area contributed by atoms with E-state index in [1.54, 1.807) is 18.3 Å². The van der Waals surface area contributed by atoms with Crippen LogP contribution in [0.2, 0.25) is 0 Å². The van der Waals surface area contributed by atoms with Gasteiger partial charge in [-0.2, -0.15) is 0 Å². The van der Waals surface area contributed by atoms with Gasteiger partial charge in [0.2, 0.25) is 11.8 Å². The maximum Gasteiger partial charge on any atom is 0.321 e. The van der Waals surface area contributed by atoms with Crippen molar-refractivity contribution in [2.75, 3.05) is 32.0 Å². The van der Waals surface area contributed by atoms with E-state index >= 15 is 0 Å². The van der Waals surface area contributed by atoms with Gasteiger partial charge in [-0.05, 0) is 47.4 Å². The molecule has 9 heteroatoms. The summed E-state index contributed by atoms with van der Waals surface area (Å²) in [6.45, 7) is 1.29. The molecule has 1 aromatic heterocycles. The molecule has 8 nitrogen and oxygen atoms in total. The van der Waals surface area contributed by atoms with E-state index < -0.39 is 6.03 Å². The van der Waals surface area contributed by atoms with E-state index in [1.807, 2.05) is 4.90 Å². The van der Waals surface area contributed by atoms with E-state index in [4.69, 9.17) is 0 Å². The Hall–Kier alpha value is -2.00. The lowest BCUT2D eigenvalue weighted by Gasteiger charge is -2.31. The monoisotopic (exact) mass is 397 g/mol. The molecule has 1 atom stereocenters. The highest BCUT2D eigenvalue weighted by Gasteiger charge is 2.27. The van der Waals surface area contributed by atoms with Crippen molar-refractivity contribution >= 4 is 39.6 Å². The van der Waals surface area contributed by atoms with Gasteiger partial charge in [-0.25, -0.2) is 9.78 Å². The number of nitrogens with one attached hydrogen (secondary N) is 3. The Balaban J connectivity index is 1.85. The Labute approximate surface area is 148 Å². The number of hydrogen-bond acceptors (Lipinski definition) is 5. The van der Waals surface area contributed by atoms with Gasteiger partial charge in [-0.1, -0.05) is 0 Å². The predicted octanol–water partition coefficient (Wildman–Crippen LogP) is 0.950. The third-order valence-electron chi connectivity index (χ3n) is 3.70. The van der Waals surface area contributed by atoms with Crippen LogP contribution in [0.4, 0.5) is 10.6 Å². The summed E-state index contributed by atoms with van der Waals surface area (Å²) in [6, 6.07) is 2.99. The van der Waals surface area contributed by atoms with Crippen LogP contribution < -0.4 is 16.0 Å². The maximum absolute atomic E-state index is 12.4. The molecular formula is C15H20BrN5O3. The number of halogens is 1. The number of urea groups is 1. The van der Waals surface area contributed by atoms with E-state index in [0.29, 0.717) is 12.4 Å². The second-order valence-corrected chi connectivity index (χ2v) is 6.47. The van der Waals surface area contributed by atoms with Crippen molar-refractivity contribution in [3.05, 3.63) is 22.8 Å². The highest BCUT2D eigenvalue weighted by Crippen LogP contribution is 2.18. The van der Waals surface area contributed by atoms with Crippen LogP contribution in [-0.2, 0) is 9.59 Å². The van der Waals surface area contributed by atoms with Crippen LogP contribution in [0.15, 0.2) is 22.8 Å². The normalized spacial score (nSPS) is 17.8. The van der Waals surface area contributed by atoms with Gasteiger partial charge in [0.25, 0.3) is 0 Å². The number of rotatable bonds is 4. The number of imide groups is 1. The van der Waals surface area contributed by atoms with Crippen LogP contribution in [-0.4, -0.2) is 54.4 Å². The van der Waals surface area contributed by atoms with Crippen LogP contribution in [0.1, 0.15) is 12.8 Å². The third-order valence-corrected chi connectivity index (χ3v) is 4.17. The average Bonchev–Trinajstić information content (AvgIpc) is 2.57. The minimum absolute atomic E-state index is 0.0910. The molecular weight excluding hydrogens is 378 g/mol. The van der Waals surface area contributed by atoms with Gasteiger partial charge in [0.15, 0.2) is 0 Å². The van der Waals surface area contributed by atoms with Crippen molar-refractivity contribution in [1.82, 2.24) is 20.5 Å². The molecule has 0 unspecified atom stereocenters. The lowest BCUT2D eigenvalue weighted by atomic mass is 9.97. The van der Waals surface area contributed by atoms with Crippen LogP contribution in [0.5, 0.6) is 0 Å². The lowest BCUT2D eigenvalue weighted by molar-refractivity contribution is -0.125. The third kappa shape index (κ3) is 5.57. The number of amides is 4. The number of likely N-dealkylation sites (tertiary alicyclic amines) is 1. The van der Waals surface area contributed by atoms with Crippen LogP contribution in [0, 0.1) is 5.92 Å². The molecule has 0 radical (unpaired) electrons. The number of aromatic nitrogens is 1. The first-order chi connectivity index (χ1) is 11.5. The molecule has 3 N–H and O–H groups in total. The Morgan fingerprint density at radius 3 is 2.83 bits per heavy atom. The van der Waals surface area contributed by atoms with E-state index in [1.165, 1.54) is 7.05 Å². The van der Waals surface area contributed by atoms with Gasteiger partial charge in [0.05, 0.1) is 12.5 Å². The van der Waals surface area contributed by atoms with E-state index in [0.717, 1.165) is 23.9 Å². The topological polar surface area (TPSA) is 103 Å². The fraction of sp³-hybridized carbons (Fsp3) is 0.467. The number of hydrogen-bond donors (Lipinski definition) is 3. The molecule has 1 aromatic rings. The fourth-order valence-electron chi connectivity index (χ4n) is 2.52. The Morgan fingerprint density at radius 1 is 1.38 bits per heavy atom. The zero-order valence-corrected chi connectivity index (χ0v) is 14.9. The number of piperidine rings is 1. The smallest absolute Gasteiger partial charge is 0.321 e. The number of carbonyl (C=O) groups is 3. The molecule has 2 heterocycles. The largest absolute Gasteiger partial charge is 0.341 e. The lowest BCUT2D eigenvalue weighted by Crippen LogP contribution is -2.47. The first kappa shape index (κ1) is 18.3. The van der Waals surface area contributed by atoms with Gasteiger partial charge in [-0.15, -0.1) is 0 Å². The van der Waals surface area contributed by atoms with Crippen molar-refractivity contribution < 1.29 is 14.4 Å². The van der Waals surface area contributed by atoms with Gasteiger partial charge >= 0.3 is 6.03 Å². The quantitative estimate of drug-likeness (QED) is 0.701. The zero-order chi connectivity index (χ0) is 17.5. The molecule has 130 valence electrons. The first-order valence-electron chi connectivity index (χ1n) is 7.64. The maximum atomic E-state index is 12.4. The molecule has 0 bridgehead atoms. The Morgan fingerprint density at radius 2 is 2.17 bits per heavy atom. The molecule has 4 amide bonds. The molecule has 1 aliphatic heterocycles. The van der Waals surface area contributed by atoms with Crippen molar-refractivity contribution in [3.63, 3.8) is 0 Å². The molecule has 1 saturated heterocycles. The summed E-state index contributed by atoms with van der Waals surface area (Å²) in [4.78, 5) is 41.2. The predicted molar refractivity (Wildman–Crippen MR) is 92.3 cm³/mol. The first-order valence-corrected chi connectivity index (χ1v) is 8.43. The molecule has 0 saturated carbocycles. The molecule has 2 rings (SSSR count). The molecule has 0 aromatic carbocycles. The molecule has 1 fully saturated rings. The SMILES string of the molecule is CNC(=O)NC(=O)CN1CCC[C@H](C(=O)Nc2ccc(Br)cn2)C1. The number of carbonyl (C=O) groups excluding carboxylic acids is 3. The van der Waals surface area contributed by atoms with Crippen LogP contribution in [0.25, 0.3) is 0 Å². The van der Waals surface area contributed by atoms with Crippen molar-refractivity contribution in [1.29, 1.82) is 0 Å². The second kappa shape index (κ2) is 8.74. The van der Waals surface area contributed by atoms with Gasteiger partial charge < -0.3 is 10.6 Å². The minimum atomic E-state index is -0.535. The summed E-state index contributed by atoms with van der Waals surface area (Å²) < 4.78 is 0.839. The van der Waals surface area contributed by atoms with E-state index in [-0.39, 0.29) is 24.3 Å². The minimum Gasteiger partial charge on any atom is -0.341 e. The van der Waals surface area contributed by atoms with Crippen molar-refractivity contribution in [3.8, 4) is 0 Å². The summed E-state index contributed by atoms with van der Waals surface area (Å²) in [5.41, 5.74) is 0. The summed E-state index contributed by atoms with van der Waals surface area (Å²) in [7, 11) is 1.44. The fourth-order valence-corrected chi connectivity index (χ4v) is 2.76. The van der Waals surface area contributed by atoms with Crippen LogP contribution in [0.3, 0.4) is 0 Å². The second-order valence-electron chi connectivity index (χ2n) is 5.55. The number of pyridine rings is 1. The standard InChI is InChI=1S/C15H20BrN5O3/c1-17-15(24)20-13(22)9-21-6-2-3-10(8-21)14(23)19-12-5-4-11(16)7-18-12/h4-5,7,10H,2-3,6,8-9H2,1H3,(H,18,19,23)(H2,17,20,22,24)/t10-/m0/s1. The highest BCUT2D eigenvalue weighted by atomic mass is 79.9. The molecule has 0 aliphatic carbocycles. The van der Waals surface area contributed by atoms with E-state index in [2.05, 4.69) is 36.9 Å². The molecule has 24 heavy (non-hydrogen) atoms. The summed E-state index contributed by atoms with van der Waals surface area (Å²) in [6.07, 6.45) is 3.20. The number of nitrogens with zero attached hydrogens (tertiary/aromatic N) is 2. The van der Waals surface area contributed by atoms with Crippen molar-refractivity contribution in [2.45, 2.75) is 12.8 Å². The van der Waals surface area contributed by atoms with E-state index in [9.17, 15) is 14.4 Å². The summed E-state index contributed by atoms with van der Waals surface area (Å²) in [5.74, 6) is -0.208. The zero-order valence-electron chi connectivity index (χ0n) is 13.3. The average molecular weight is 398 g/mol. The molecule has 1 aliphatic rings. The Bertz CT molecular complexity index is 608. The van der Waals surface area contributed by atoms with Gasteiger partial charge in [-0.3, -0.25) is 19.8 Å². The highest BCUT2D eigenvalue weighted by molar-refractivity contribution is 9.10. The van der Waals surface area contributed by atoms with Crippen molar-refractivity contribution in [2.24, 2.45) is 5.92 Å².